The summed E-state index contributed by atoms with van der Waals surface area (Å²) in [5, 5.41) is 19.7. The third-order valence-corrected chi connectivity index (χ3v) is 4.45. The largest absolute Gasteiger partial charge is 0.385 e. The monoisotopic (exact) mass is 306 g/mol. The standard InChI is InChI=1S/C19H18N2O2/c20-14-15-6-8-17(9-7-15)19(23)10-12-21(13-11-19)18(22)16-4-2-1-3-5-16/h1-9,23H,10-13H2. The molecule has 2 aromatic rings. The molecule has 1 aliphatic rings. The van der Waals surface area contributed by atoms with E-state index >= 15 is 0 Å². The molecule has 3 rings (SSSR count). The second-order valence-electron chi connectivity index (χ2n) is 5.88. The summed E-state index contributed by atoms with van der Waals surface area (Å²) in [6, 6.07) is 18.3. The number of nitrogens with zero attached hydrogens (tertiary/aromatic N) is 2. The van der Waals surface area contributed by atoms with Crippen molar-refractivity contribution < 1.29 is 9.90 Å². The molecular weight excluding hydrogens is 288 g/mol. The number of carbonyl (C=O) groups is 1. The minimum absolute atomic E-state index is 0.00692. The smallest absolute Gasteiger partial charge is 0.253 e. The van der Waals surface area contributed by atoms with Gasteiger partial charge >= 0.3 is 0 Å². The Morgan fingerprint density at radius 3 is 2.22 bits per heavy atom. The van der Waals surface area contributed by atoms with E-state index in [1.165, 1.54) is 0 Å². The zero-order valence-corrected chi connectivity index (χ0v) is 12.8. The number of rotatable bonds is 2. The van der Waals surface area contributed by atoms with Crippen LogP contribution in [0.2, 0.25) is 0 Å². The number of likely N-dealkylation sites (tertiary alicyclic amines) is 1. The molecule has 1 heterocycles. The van der Waals surface area contributed by atoms with E-state index < -0.39 is 5.60 Å². The highest BCUT2D eigenvalue weighted by Crippen LogP contribution is 2.33. The molecule has 0 spiro atoms. The Hall–Kier alpha value is -2.64. The Morgan fingerprint density at radius 2 is 1.65 bits per heavy atom. The van der Waals surface area contributed by atoms with Gasteiger partial charge < -0.3 is 10.0 Å². The number of hydrogen-bond donors (Lipinski definition) is 1. The molecule has 0 aromatic heterocycles. The van der Waals surface area contributed by atoms with Crippen LogP contribution in [0, 0.1) is 11.3 Å². The Bertz CT molecular complexity index is 724. The van der Waals surface area contributed by atoms with E-state index in [2.05, 4.69) is 6.07 Å². The van der Waals surface area contributed by atoms with Crippen molar-refractivity contribution in [2.75, 3.05) is 13.1 Å². The molecule has 116 valence electrons. The molecule has 0 aliphatic carbocycles. The number of piperidine rings is 1. The molecule has 1 amide bonds. The van der Waals surface area contributed by atoms with Crippen LogP contribution in [-0.4, -0.2) is 29.0 Å². The van der Waals surface area contributed by atoms with Gasteiger partial charge in [0.25, 0.3) is 5.91 Å². The summed E-state index contributed by atoms with van der Waals surface area (Å²) < 4.78 is 0. The third kappa shape index (κ3) is 3.10. The topological polar surface area (TPSA) is 64.3 Å². The van der Waals surface area contributed by atoms with Crippen molar-refractivity contribution in [1.82, 2.24) is 4.90 Å². The summed E-state index contributed by atoms with van der Waals surface area (Å²) in [5.74, 6) is 0.00692. The van der Waals surface area contributed by atoms with E-state index in [-0.39, 0.29) is 5.91 Å². The fraction of sp³-hybridized carbons (Fsp3) is 0.263. The average Bonchev–Trinajstić information content (AvgIpc) is 2.62. The Labute approximate surface area is 135 Å². The first-order valence-corrected chi connectivity index (χ1v) is 7.70. The second kappa shape index (κ2) is 6.23. The molecule has 0 radical (unpaired) electrons. The summed E-state index contributed by atoms with van der Waals surface area (Å²) in [6.07, 6.45) is 0.995. The van der Waals surface area contributed by atoms with Gasteiger partial charge in [-0.1, -0.05) is 30.3 Å². The van der Waals surface area contributed by atoms with Gasteiger partial charge in [-0.05, 0) is 42.7 Å². The summed E-state index contributed by atoms with van der Waals surface area (Å²) in [7, 11) is 0. The van der Waals surface area contributed by atoms with Gasteiger partial charge in [0.15, 0.2) is 0 Å². The number of aliphatic hydroxyl groups is 1. The van der Waals surface area contributed by atoms with Crippen molar-refractivity contribution in [3.63, 3.8) is 0 Å². The van der Waals surface area contributed by atoms with Gasteiger partial charge in [-0.3, -0.25) is 4.79 Å². The van der Waals surface area contributed by atoms with Crippen molar-refractivity contribution in [1.29, 1.82) is 5.26 Å². The fourth-order valence-corrected chi connectivity index (χ4v) is 2.99. The van der Waals surface area contributed by atoms with Crippen molar-refractivity contribution >= 4 is 5.91 Å². The van der Waals surface area contributed by atoms with Crippen LogP contribution in [-0.2, 0) is 5.60 Å². The Morgan fingerprint density at radius 1 is 1.04 bits per heavy atom. The van der Waals surface area contributed by atoms with Crippen molar-refractivity contribution in [2.45, 2.75) is 18.4 Å². The molecule has 4 nitrogen and oxygen atoms in total. The summed E-state index contributed by atoms with van der Waals surface area (Å²) in [5.41, 5.74) is 1.13. The zero-order chi connectivity index (χ0) is 16.3. The minimum atomic E-state index is -0.929. The number of nitriles is 1. The van der Waals surface area contributed by atoms with Crippen LogP contribution in [0.5, 0.6) is 0 Å². The first-order chi connectivity index (χ1) is 11.1. The van der Waals surface area contributed by atoms with Crippen molar-refractivity contribution in [3.8, 4) is 6.07 Å². The fourth-order valence-electron chi connectivity index (χ4n) is 2.99. The highest BCUT2D eigenvalue weighted by Gasteiger charge is 2.35. The molecular formula is C19H18N2O2. The maximum absolute atomic E-state index is 12.4. The highest BCUT2D eigenvalue weighted by atomic mass is 16.3. The van der Waals surface area contributed by atoms with Crippen LogP contribution < -0.4 is 0 Å². The highest BCUT2D eigenvalue weighted by molar-refractivity contribution is 5.94. The first kappa shape index (κ1) is 15.3. The molecule has 2 aromatic carbocycles. The van der Waals surface area contributed by atoms with Gasteiger partial charge in [0.1, 0.15) is 0 Å². The van der Waals surface area contributed by atoms with Gasteiger partial charge in [-0.2, -0.15) is 5.26 Å². The predicted octanol–water partition coefficient (Wildman–Crippen LogP) is 2.68. The van der Waals surface area contributed by atoms with Crippen LogP contribution in [0.25, 0.3) is 0 Å². The lowest BCUT2D eigenvalue weighted by molar-refractivity contribution is -0.0211. The maximum atomic E-state index is 12.4. The molecule has 1 saturated heterocycles. The van der Waals surface area contributed by atoms with Gasteiger partial charge in [0, 0.05) is 18.7 Å². The first-order valence-electron chi connectivity index (χ1n) is 7.70. The molecule has 23 heavy (non-hydrogen) atoms. The lowest BCUT2D eigenvalue weighted by Crippen LogP contribution is -2.45. The predicted molar refractivity (Wildman–Crippen MR) is 86.6 cm³/mol. The Kier molecular flexibility index (Phi) is 4.14. The van der Waals surface area contributed by atoms with Crippen LogP contribution >= 0.6 is 0 Å². The quantitative estimate of drug-likeness (QED) is 0.927. The van der Waals surface area contributed by atoms with E-state index in [1.54, 1.807) is 29.2 Å². The zero-order valence-electron chi connectivity index (χ0n) is 12.8. The van der Waals surface area contributed by atoms with E-state index in [0.29, 0.717) is 37.1 Å². The molecule has 0 atom stereocenters. The summed E-state index contributed by atoms with van der Waals surface area (Å²) >= 11 is 0. The minimum Gasteiger partial charge on any atom is -0.385 e. The number of carbonyl (C=O) groups excluding carboxylic acids is 1. The van der Waals surface area contributed by atoms with Crippen LogP contribution in [0.4, 0.5) is 0 Å². The number of benzene rings is 2. The van der Waals surface area contributed by atoms with E-state index in [0.717, 1.165) is 5.56 Å². The van der Waals surface area contributed by atoms with E-state index in [9.17, 15) is 9.90 Å². The van der Waals surface area contributed by atoms with E-state index in [4.69, 9.17) is 5.26 Å². The third-order valence-electron chi connectivity index (χ3n) is 4.45. The van der Waals surface area contributed by atoms with Crippen LogP contribution in [0.3, 0.4) is 0 Å². The average molecular weight is 306 g/mol. The second-order valence-corrected chi connectivity index (χ2v) is 5.88. The molecule has 1 N–H and O–H groups in total. The molecule has 0 unspecified atom stereocenters. The maximum Gasteiger partial charge on any atom is 0.253 e. The van der Waals surface area contributed by atoms with Crippen LogP contribution in [0.1, 0.15) is 34.3 Å². The van der Waals surface area contributed by atoms with Gasteiger partial charge in [-0.15, -0.1) is 0 Å². The molecule has 0 saturated carbocycles. The normalized spacial score (nSPS) is 16.6. The number of hydrogen-bond acceptors (Lipinski definition) is 3. The summed E-state index contributed by atoms with van der Waals surface area (Å²) in [6.45, 7) is 1.04. The van der Waals surface area contributed by atoms with E-state index in [1.807, 2.05) is 30.3 Å². The molecule has 0 bridgehead atoms. The van der Waals surface area contributed by atoms with Crippen molar-refractivity contribution in [3.05, 3.63) is 71.3 Å². The SMILES string of the molecule is N#Cc1ccc(C2(O)CCN(C(=O)c3ccccc3)CC2)cc1. The van der Waals surface area contributed by atoms with Gasteiger partial charge in [-0.25, -0.2) is 0 Å². The van der Waals surface area contributed by atoms with Crippen molar-refractivity contribution in [2.24, 2.45) is 0 Å². The van der Waals surface area contributed by atoms with Crippen LogP contribution in [0.15, 0.2) is 54.6 Å². The molecule has 1 fully saturated rings. The molecule has 4 heteroatoms. The van der Waals surface area contributed by atoms with Gasteiger partial charge in [0.05, 0.1) is 17.2 Å². The number of amides is 1. The lowest BCUT2D eigenvalue weighted by atomic mass is 9.84. The molecule has 1 aliphatic heterocycles. The lowest BCUT2D eigenvalue weighted by Gasteiger charge is -2.38. The Balaban J connectivity index is 1.70. The van der Waals surface area contributed by atoms with Gasteiger partial charge in [0.2, 0.25) is 0 Å². The summed E-state index contributed by atoms with van der Waals surface area (Å²) in [4.78, 5) is 14.2.